The van der Waals surface area contributed by atoms with E-state index in [0.29, 0.717) is 5.41 Å². The Morgan fingerprint density at radius 2 is 1.94 bits per heavy atom. The van der Waals surface area contributed by atoms with Gasteiger partial charge < -0.3 is 0 Å². The third-order valence-corrected chi connectivity index (χ3v) is 5.89. The predicted octanol–water partition coefficient (Wildman–Crippen LogP) is 5.05. The lowest BCUT2D eigenvalue weighted by atomic mass is 9.57. The smallest absolute Gasteiger partial charge is 0.0172 e. The van der Waals surface area contributed by atoms with E-state index in [-0.39, 0.29) is 0 Å². The maximum atomic E-state index is 2.52. The first kappa shape index (κ1) is 12.2. The van der Waals surface area contributed by atoms with Gasteiger partial charge in [0, 0.05) is 0 Å². The molecule has 2 aliphatic rings. The summed E-state index contributed by atoms with van der Waals surface area (Å²) in [5.41, 5.74) is 2.27. The first-order chi connectivity index (χ1) is 7.47. The Morgan fingerprint density at radius 3 is 2.44 bits per heavy atom. The molecular weight excluding hydrogens is 192 g/mol. The lowest BCUT2D eigenvalue weighted by Crippen LogP contribution is -2.40. The molecule has 16 heavy (non-hydrogen) atoms. The number of rotatable bonds is 1. The zero-order valence-electron chi connectivity index (χ0n) is 11.7. The lowest BCUT2D eigenvalue weighted by Gasteiger charge is -2.48. The van der Waals surface area contributed by atoms with Crippen LogP contribution in [0.25, 0.3) is 0 Å². The van der Waals surface area contributed by atoms with E-state index in [1.807, 2.05) is 0 Å². The van der Waals surface area contributed by atoms with Crippen LogP contribution < -0.4 is 0 Å². The standard InChI is InChI=1S/C16H28/c1-11(2)15-7-6-13(4)16(10-15)9-8-12(3)14(16)5/h8,11,13-15H,6-7,9-10H2,1-5H3. The summed E-state index contributed by atoms with van der Waals surface area (Å²) in [6, 6.07) is 0. The molecule has 0 bridgehead atoms. The van der Waals surface area contributed by atoms with E-state index in [1.54, 1.807) is 5.57 Å². The van der Waals surface area contributed by atoms with Crippen molar-refractivity contribution < 1.29 is 0 Å². The molecule has 0 amide bonds. The summed E-state index contributed by atoms with van der Waals surface area (Å²) in [6.07, 6.45) is 8.26. The summed E-state index contributed by atoms with van der Waals surface area (Å²) in [5, 5.41) is 0. The second kappa shape index (κ2) is 4.20. The highest BCUT2D eigenvalue weighted by Gasteiger charge is 2.47. The highest BCUT2D eigenvalue weighted by atomic mass is 14.5. The summed E-state index contributed by atoms with van der Waals surface area (Å²) in [7, 11) is 0. The summed E-state index contributed by atoms with van der Waals surface area (Å²) >= 11 is 0. The zero-order chi connectivity index (χ0) is 11.9. The molecule has 0 saturated heterocycles. The molecule has 0 heteroatoms. The molecule has 0 aromatic carbocycles. The van der Waals surface area contributed by atoms with Gasteiger partial charge in [0.15, 0.2) is 0 Å². The molecule has 0 radical (unpaired) electrons. The minimum atomic E-state index is 0.622. The van der Waals surface area contributed by atoms with E-state index in [0.717, 1.165) is 23.7 Å². The van der Waals surface area contributed by atoms with Crippen LogP contribution in [-0.4, -0.2) is 0 Å². The number of hydrogen-bond donors (Lipinski definition) is 0. The van der Waals surface area contributed by atoms with Crippen molar-refractivity contribution in [2.75, 3.05) is 0 Å². The van der Waals surface area contributed by atoms with E-state index in [4.69, 9.17) is 0 Å². The molecule has 1 spiro atoms. The normalized spacial score (nSPS) is 44.1. The van der Waals surface area contributed by atoms with Gasteiger partial charge in [-0.25, -0.2) is 0 Å². The molecule has 1 saturated carbocycles. The molecular formula is C16H28. The highest BCUT2D eigenvalue weighted by Crippen LogP contribution is 2.57. The fraction of sp³-hybridized carbons (Fsp3) is 0.875. The Bertz CT molecular complexity index is 286. The van der Waals surface area contributed by atoms with Crippen molar-refractivity contribution in [3.63, 3.8) is 0 Å². The van der Waals surface area contributed by atoms with Crippen molar-refractivity contribution in [2.45, 2.75) is 60.3 Å². The van der Waals surface area contributed by atoms with Crippen LogP contribution in [0.1, 0.15) is 60.3 Å². The largest absolute Gasteiger partial charge is 0.0847 e. The monoisotopic (exact) mass is 220 g/mol. The molecule has 0 nitrogen and oxygen atoms in total. The van der Waals surface area contributed by atoms with Gasteiger partial charge in [-0.3, -0.25) is 0 Å². The minimum absolute atomic E-state index is 0.622. The fourth-order valence-electron chi connectivity index (χ4n) is 4.16. The van der Waals surface area contributed by atoms with Crippen molar-refractivity contribution in [2.24, 2.45) is 29.1 Å². The molecule has 0 aromatic heterocycles. The van der Waals surface area contributed by atoms with E-state index in [1.165, 1.54) is 25.7 Å². The van der Waals surface area contributed by atoms with Crippen molar-refractivity contribution in [3.05, 3.63) is 11.6 Å². The average Bonchev–Trinajstić information content (AvgIpc) is 2.52. The first-order valence-corrected chi connectivity index (χ1v) is 7.14. The van der Waals surface area contributed by atoms with Crippen LogP contribution in [0.15, 0.2) is 11.6 Å². The van der Waals surface area contributed by atoms with Gasteiger partial charge in [0.05, 0.1) is 0 Å². The Morgan fingerprint density at radius 1 is 1.25 bits per heavy atom. The van der Waals surface area contributed by atoms with E-state index in [2.05, 4.69) is 40.7 Å². The van der Waals surface area contributed by atoms with Crippen molar-refractivity contribution in [3.8, 4) is 0 Å². The maximum Gasteiger partial charge on any atom is -0.0172 e. The maximum absolute atomic E-state index is 2.52. The van der Waals surface area contributed by atoms with Crippen LogP contribution in [0, 0.1) is 29.1 Å². The quantitative estimate of drug-likeness (QED) is 0.542. The topological polar surface area (TPSA) is 0 Å². The van der Waals surface area contributed by atoms with Crippen molar-refractivity contribution in [1.29, 1.82) is 0 Å². The molecule has 4 atom stereocenters. The Kier molecular flexibility index (Phi) is 3.20. The second-order valence-corrected chi connectivity index (χ2v) is 6.79. The number of hydrogen-bond acceptors (Lipinski definition) is 0. The molecule has 1 fully saturated rings. The summed E-state index contributed by atoms with van der Waals surface area (Å²) in [4.78, 5) is 0. The van der Waals surface area contributed by atoms with Gasteiger partial charge in [-0.15, -0.1) is 0 Å². The molecule has 0 aromatic rings. The highest BCUT2D eigenvalue weighted by molar-refractivity contribution is 5.19. The van der Waals surface area contributed by atoms with Gasteiger partial charge in [-0.1, -0.05) is 39.3 Å². The second-order valence-electron chi connectivity index (χ2n) is 6.79. The van der Waals surface area contributed by atoms with Crippen LogP contribution in [0.5, 0.6) is 0 Å². The Labute approximate surface area is 102 Å². The van der Waals surface area contributed by atoms with Gasteiger partial charge in [-0.05, 0) is 61.7 Å². The van der Waals surface area contributed by atoms with Crippen LogP contribution in [0.4, 0.5) is 0 Å². The minimum Gasteiger partial charge on any atom is -0.0847 e. The van der Waals surface area contributed by atoms with Gasteiger partial charge in [0.2, 0.25) is 0 Å². The summed E-state index contributed by atoms with van der Waals surface area (Å²) < 4.78 is 0. The molecule has 4 unspecified atom stereocenters. The zero-order valence-corrected chi connectivity index (χ0v) is 11.7. The third-order valence-electron chi connectivity index (χ3n) is 5.89. The SMILES string of the molecule is CC1=CCC2(CC(C(C)C)CCC2C)C1C. The third kappa shape index (κ3) is 1.75. The van der Waals surface area contributed by atoms with Gasteiger partial charge in [0.1, 0.15) is 0 Å². The van der Waals surface area contributed by atoms with E-state index in [9.17, 15) is 0 Å². The van der Waals surface area contributed by atoms with Crippen LogP contribution >= 0.6 is 0 Å². The predicted molar refractivity (Wildman–Crippen MR) is 71.3 cm³/mol. The number of allylic oxidation sites excluding steroid dienone is 2. The van der Waals surface area contributed by atoms with E-state index < -0.39 is 0 Å². The molecule has 2 aliphatic carbocycles. The Hall–Kier alpha value is -0.260. The van der Waals surface area contributed by atoms with Gasteiger partial charge >= 0.3 is 0 Å². The Balaban J connectivity index is 2.19. The molecule has 0 aliphatic heterocycles. The van der Waals surface area contributed by atoms with Crippen LogP contribution in [0.3, 0.4) is 0 Å². The van der Waals surface area contributed by atoms with Crippen LogP contribution in [-0.2, 0) is 0 Å². The fourth-order valence-corrected chi connectivity index (χ4v) is 4.16. The molecule has 2 rings (SSSR count). The first-order valence-electron chi connectivity index (χ1n) is 7.14. The van der Waals surface area contributed by atoms with Gasteiger partial charge in [0.25, 0.3) is 0 Å². The summed E-state index contributed by atoms with van der Waals surface area (Å²) in [5.74, 6) is 3.59. The van der Waals surface area contributed by atoms with E-state index >= 15 is 0 Å². The molecule has 92 valence electrons. The van der Waals surface area contributed by atoms with Crippen LogP contribution in [0.2, 0.25) is 0 Å². The van der Waals surface area contributed by atoms with Gasteiger partial charge in [-0.2, -0.15) is 0 Å². The molecule has 0 N–H and O–H groups in total. The summed E-state index contributed by atoms with van der Waals surface area (Å²) in [6.45, 7) is 12.1. The molecule has 0 heterocycles. The lowest BCUT2D eigenvalue weighted by molar-refractivity contribution is 0.0267. The van der Waals surface area contributed by atoms with Crippen molar-refractivity contribution in [1.82, 2.24) is 0 Å². The average molecular weight is 220 g/mol. The van der Waals surface area contributed by atoms with Crippen molar-refractivity contribution >= 4 is 0 Å².